The van der Waals surface area contributed by atoms with E-state index in [0.29, 0.717) is 6.54 Å². The number of aliphatic carboxylic acids is 1. The number of fused-ring (bicyclic) bond motifs is 3. The van der Waals surface area contributed by atoms with Crippen LogP contribution in [-0.2, 0) is 11.3 Å². The Kier molecular flexibility index (Phi) is 3.59. The lowest BCUT2D eigenvalue weighted by Gasteiger charge is -2.32. The SMILES string of the molecule is O=C(O)C1C2CCC(C2)N1C(=O)NCc1cnc2ccccc2c1. The minimum atomic E-state index is -0.898. The number of para-hydroxylation sites is 1. The van der Waals surface area contributed by atoms with E-state index < -0.39 is 12.0 Å². The molecule has 24 heavy (non-hydrogen) atoms. The smallest absolute Gasteiger partial charge is 0.326 e. The molecule has 2 aliphatic rings. The lowest BCUT2D eigenvalue weighted by Crippen LogP contribution is -2.52. The number of rotatable bonds is 3. The summed E-state index contributed by atoms with van der Waals surface area (Å²) in [4.78, 5) is 29.9. The Hall–Kier alpha value is -2.63. The molecule has 6 heteroatoms. The molecule has 0 spiro atoms. The van der Waals surface area contributed by atoms with Crippen molar-refractivity contribution in [3.8, 4) is 0 Å². The van der Waals surface area contributed by atoms with Crippen molar-refractivity contribution in [2.45, 2.75) is 37.9 Å². The molecular formula is C18H19N3O3. The number of urea groups is 1. The third-order valence-electron chi connectivity index (χ3n) is 5.16. The molecule has 3 atom stereocenters. The van der Waals surface area contributed by atoms with Gasteiger partial charge < -0.3 is 15.3 Å². The first kappa shape index (κ1) is 14.9. The van der Waals surface area contributed by atoms with Crippen LogP contribution < -0.4 is 5.32 Å². The van der Waals surface area contributed by atoms with Crippen LogP contribution in [0.25, 0.3) is 10.9 Å². The first-order valence-corrected chi connectivity index (χ1v) is 8.26. The van der Waals surface area contributed by atoms with Crippen LogP contribution >= 0.6 is 0 Å². The first-order chi connectivity index (χ1) is 11.6. The van der Waals surface area contributed by atoms with E-state index in [2.05, 4.69) is 10.3 Å². The Morgan fingerprint density at radius 2 is 2.12 bits per heavy atom. The van der Waals surface area contributed by atoms with E-state index in [1.54, 1.807) is 6.20 Å². The summed E-state index contributed by atoms with van der Waals surface area (Å²) in [5.41, 5.74) is 1.81. The van der Waals surface area contributed by atoms with Gasteiger partial charge in [-0.1, -0.05) is 18.2 Å². The zero-order chi connectivity index (χ0) is 16.7. The van der Waals surface area contributed by atoms with E-state index in [1.165, 1.54) is 4.90 Å². The molecule has 1 aliphatic heterocycles. The molecule has 2 amide bonds. The van der Waals surface area contributed by atoms with Crippen LogP contribution in [0.3, 0.4) is 0 Å². The van der Waals surface area contributed by atoms with Gasteiger partial charge in [-0.2, -0.15) is 0 Å². The fraction of sp³-hybridized carbons (Fsp3) is 0.389. The highest BCUT2D eigenvalue weighted by Gasteiger charge is 2.51. The number of piperidine rings is 1. The molecule has 4 rings (SSSR count). The number of hydrogen-bond acceptors (Lipinski definition) is 3. The van der Waals surface area contributed by atoms with E-state index in [0.717, 1.165) is 35.7 Å². The van der Waals surface area contributed by atoms with Crippen molar-refractivity contribution in [1.82, 2.24) is 15.2 Å². The van der Waals surface area contributed by atoms with Gasteiger partial charge in [0, 0.05) is 24.2 Å². The molecule has 2 heterocycles. The van der Waals surface area contributed by atoms with Crippen molar-refractivity contribution in [3.05, 3.63) is 42.1 Å². The van der Waals surface area contributed by atoms with Crippen molar-refractivity contribution >= 4 is 22.9 Å². The molecule has 6 nitrogen and oxygen atoms in total. The van der Waals surface area contributed by atoms with Crippen LogP contribution in [0.2, 0.25) is 0 Å². The van der Waals surface area contributed by atoms with Gasteiger partial charge in [0.2, 0.25) is 0 Å². The molecule has 2 bridgehead atoms. The minimum Gasteiger partial charge on any atom is -0.480 e. The standard InChI is InChI=1S/C18H19N3O3/c22-17(23)16-13-5-6-14(8-13)21(16)18(24)20-10-11-7-12-3-1-2-4-15(12)19-9-11/h1-4,7,9,13-14,16H,5-6,8,10H2,(H,20,24)(H,22,23). The second-order valence-corrected chi connectivity index (χ2v) is 6.61. The Balaban J connectivity index is 1.46. The Morgan fingerprint density at radius 1 is 1.29 bits per heavy atom. The summed E-state index contributed by atoms with van der Waals surface area (Å²) in [5.74, 6) is -0.801. The number of carboxylic acids is 1. The number of pyridine rings is 1. The molecule has 124 valence electrons. The van der Waals surface area contributed by atoms with Crippen molar-refractivity contribution in [1.29, 1.82) is 0 Å². The van der Waals surface area contributed by atoms with Gasteiger partial charge in [0.15, 0.2) is 0 Å². The number of nitrogens with zero attached hydrogens (tertiary/aromatic N) is 2. The van der Waals surface area contributed by atoms with E-state index >= 15 is 0 Å². The normalized spacial score (nSPS) is 25.2. The van der Waals surface area contributed by atoms with E-state index in [1.807, 2.05) is 30.3 Å². The quantitative estimate of drug-likeness (QED) is 0.908. The summed E-state index contributed by atoms with van der Waals surface area (Å²) >= 11 is 0. The Bertz CT molecular complexity index is 807. The third kappa shape index (κ3) is 2.48. The van der Waals surface area contributed by atoms with Gasteiger partial charge in [-0.25, -0.2) is 9.59 Å². The van der Waals surface area contributed by atoms with Gasteiger partial charge in [-0.15, -0.1) is 0 Å². The van der Waals surface area contributed by atoms with Gasteiger partial charge in [-0.05, 0) is 42.9 Å². The number of amides is 2. The first-order valence-electron chi connectivity index (χ1n) is 8.26. The molecule has 0 radical (unpaired) electrons. The average molecular weight is 325 g/mol. The van der Waals surface area contributed by atoms with Gasteiger partial charge in [0.1, 0.15) is 6.04 Å². The maximum absolute atomic E-state index is 12.5. The largest absolute Gasteiger partial charge is 0.480 e. The van der Waals surface area contributed by atoms with Gasteiger partial charge in [-0.3, -0.25) is 4.98 Å². The zero-order valence-electron chi connectivity index (χ0n) is 13.2. The van der Waals surface area contributed by atoms with E-state index in [9.17, 15) is 14.7 Å². The second-order valence-electron chi connectivity index (χ2n) is 6.61. The molecule has 2 N–H and O–H groups in total. The third-order valence-corrected chi connectivity index (χ3v) is 5.16. The summed E-state index contributed by atoms with van der Waals surface area (Å²) < 4.78 is 0. The second kappa shape index (κ2) is 5.78. The highest BCUT2D eigenvalue weighted by atomic mass is 16.4. The van der Waals surface area contributed by atoms with Crippen molar-refractivity contribution in [3.63, 3.8) is 0 Å². The lowest BCUT2D eigenvalue weighted by molar-refractivity contribution is -0.143. The summed E-state index contributed by atoms with van der Waals surface area (Å²) in [6.07, 6.45) is 4.36. The minimum absolute atomic E-state index is 0.0610. The fourth-order valence-corrected chi connectivity index (χ4v) is 4.08. The highest BCUT2D eigenvalue weighted by molar-refractivity contribution is 5.84. The molecular weight excluding hydrogens is 306 g/mol. The molecule has 1 aliphatic carbocycles. The number of aromatic nitrogens is 1. The van der Waals surface area contributed by atoms with Crippen LogP contribution in [0.15, 0.2) is 36.5 Å². The topological polar surface area (TPSA) is 82.5 Å². The number of likely N-dealkylation sites (tertiary alicyclic amines) is 1. The number of nitrogens with one attached hydrogen (secondary N) is 1. The zero-order valence-corrected chi connectivity index (χ0v) is 13.2. The summed E-state index contributed by atoms with van der Waals surface area (Å²) in [6, 6.07) is 8.89. The van der Waals surface area contributed by atoms with Crippen LogP contribution in [0.4, 0.5) is 4.79 Å². The fourth-order valence-electron chi connectivity index (χ4n) is 4.08. The van der Waals surface area contributed by atoms with Crippen LogP contribution in [-0.4, -0.2) is 39.1 Å². The van der Waals surface area contributed by atoms with E-state index in [4.69, 9.17) is 0 Å². The molecule has 1 aromatic heterocycles. The predicted octanol–water partition coefficient (Wildman–Crippen LogP) is 2.38. The van der Waals surface area contributed by atoms with Gasteiger partial charge in [0.25, 0.3) is 0 Å². The van der Waals surface area contributed by atoms with Crippen LogP contribution in [0.1, 0.15) is 24.8 Å². The average Bonchev–Trinajstić information content (AvgIpc) is 3.20. The van der Waals surface area contributed by atoms with Crippen molar-refractivity contribution in [2.24, 2.45) is 5.92 Å². The van der Waals surface area contributed by atoms with Gasteiger partial charge in [0.05, 0.1) is 5.52 Å². The molecule has 2 aromatic rings. The number of hydrogen-bond donors (Lipinski definition) is 2. The number of carbonyl (C=O) groups excluding carboxylic acids is 1. The Labute approximate surface area is 139 Å². The van der Waals surface area contributed by atoms with Crippen LogP contribution in [0.5, 0.6) is 0 Å². The van der Waals surface area contributed by atoms with Crippen LogP contribution in [0, 0.1) is 5.92 Å². The van der Waals surface area contributed by atoms with Gasteiger partial charge >= 0.3 is 12.0 Å². The maximum Gasteiger partial charge on any atom is 0.326 e. The predicted molar refractivity (Wildman–Crippen MR) is 88.4 cm³/mol. The molecule has 3 unspecified atom stereocenters. The number of benzene rings is 1. The monoisotopic (exact) mass is 325 g/mol. The lowest BCUT2D eigenvalue weighted by atomic mass is 9.99. The maximum atomic E-state index is 12.5. The summed E-state index contributed by atoms with van der Waals surface area (Å²) in [5, 5.41) is 13.3. The number of carbonyl (C=O) groups is 2. The highest BCUT2D eigenvalue weighted by Crippen LogP contribution is 2.42. The van der Waals surface area contributed by atoms with Crippen molar-refractivity contribution < 1.29 is 14.7 Å². The Morgan fingerprint density at radius 3 is 2.96 bits per heavy atom. The summed E-state index contributed by atoms with van der Waals surface area (Å²) in [7, 11) is 0. The molecule has 1 aromatic carbocycles. The molecule has 2 fully saturated rings. The van der Waals surface area contributed by atoms with E-state index in [-0.39, 0.29) is 18.0 Å². The summed E-state index contributed by atoms with van der Waals surface area (Å²) in [6.45, 7) is 0.344. The molecule has 1 saturated carbocycles. The number of carboxylic acid groups (broad SMARTS) is 1. The van der Waals surface area contributed by atoms with Crippen molar-refractivity contribution in [2.75, 3.05) is 0 Å². The molecule has 1 saturated heterocycles.